The molecule has 2 saturated heterocycles. The second kappa shape index (κ2) is 6.61. The highest BCUT2D eigenvalue weighted by Gasteiger charge is 2.50. The second-order valence-electron chi connectivity index (χ2n) is 7.26. The van der Waals surface area contributed by atoms with Crippen LogP contribution < -0.4 is 5.73 Å². The Morgan fingerprint density at radius 2 is 1.81 bits per heavy atom. The molecule has 2 aromatic rings. The summed E-state index contributed by atoms with van der Waals surface area (Å²) in [6.07, 6.45) is 4.83. The number of rotatable bonds is 4. The van der Waals surface area contributed by atoms with E-state index >= 15 is 0 Å². The van der Waals surface area contributed by atoms with Gasteiger partial charge in [-0.15, -0.1) is 0 Å². The van der Waals surface area contributed by atoms with E-state index in [-0.39, 0.29) is 12.0 Å². The smallest absolute Gasteiger partial charge is 0.219 e. The van der Waals surface area contributed by atoms with Crippen LogP contribution in [0.5, 0.6) is 0 Å². The zero-order chi connectivity index (χ0) is 18.3. The molecule has 0 saturated carbocycles. The minimum atomic E-state index is -3.24. The van der Waals surface area contributed by atoms with Gasteiger partial charge in [-0.25, -0.2) is 18.4 Å². The number of hydrogen-bond acceptors (Lipinski definition) is 6. The molecule has 0 spiro atoms. The van der Waals surface area contributed by atoms with Crippen molar-refractivity contribution in [3.8, 4) is 0 Å². The van der Waals surface area contributed by atoms with Crippen LogP contribution in [0.1, 0.15) is 17.2 Å². The lowest BCUT2D eigenvalue weighted by Crippen LogP contribution is -2.35. The number of nitrogens with zero attached hydrogens (tertiary/aromatic N) is 4. The minimum absolute atomic E-state index is 0.0936. The third-order valence-corrected chi connectivity index (χ3v) is 6.62. The summed E-state index contributed by atoms with van der Waals surface area (Å²) in [5, 5.41) is 0. The molecule has 7 nitrogen and oxygen atoms in total. The first-order chi connectivity index (χ1) is 12.4. The van der Waals surface area contributed by atoms with Crippen molar-refractivity contribution in [2.45, 2.75) is 12.6 Å². The highest BCUT2D eigenvalue weighted by atomic mass is 32.2. The first-order valence-electron chi connectivity index (χ1n) is 8.72. The third kappa shape index (κ3) is 3.32. The fraction of sp³-hybridized carbons (Fsp3) is 0.444. The second-order valence-corrected chi connectivity index (χ2v) is 9.19. The number of sulfonamides is 1. The number of likely N-dealkylation sites (tertiary alicyclic amines) is 1. The van der Waals surface area contributed by atoms with Crippen LogP contribution in [0.2, 0.25) is 0 Å². The van der Waals surface area contributed by atoms with Gasteiger partial charge in [-0.3, -0.25) is 4.90 Å². The Balaban J connectivity index is 1.56. The lowest BCUT2D eigenvalue weighted by atomic mass is 9.90. The van der Waals surface area contributed by atoms with Gasteiger partial charge in [0.25, 0.3) is 0 Å². The summed E-state index contributed by atoms with van der Waals surface area (Å²) in [5.41, 5.74) is 7.65. The molecule has 2 fully saturated rings. The molecule has 0 unspecified atom stereocenters. The molecule has 0 radical (unpaired) electrons. The number of anilines is 1. The molecule has 8 heteroatoms. The Hall–Kier alpha value is -2.03. The molecule has 0 bridgehead atoms. The number of hydrogen-bond donors (Lipinski definition) is 1. The Kier molecular flexibility index (Phi) is 4.42. The predicted octanol–water partition coefficient (Wildman–Crippen LogP) is 1.12. The van der Waals surface area contributed by atoms with Crippen LogP contribution in [0.4, 0.5) is 5.95 Å². The van der Waals surface area contributed by atoms with Crippen LogP contribution >= 0.6 is 0 Å². The summed E-state index contributed by atoms with van der Waals surface area (Å²) in [6, 6.07) is 9.87. The van der Waals surface area contributed by atoms with Crippen LogP contribution in [0.15, 0.2) is 42.7 Å². The molecule has 0 aliphatic carbocycles. The van der Waals surface area contributed by atoms with Crippen molar-refractivity contribution in [2.75, 3.05) is 31.6 Å². The van der Waals surface area contributed by atoms with E-state index in [0.717, 1.165) is 30.8 Å². The minimum Gasteiger partial charge on any atom is -0.368 e. The van der Waals surface area contributed by atoms with Gasteiger partial charge in [0.15, 0.2) is 0 Å². The van der Waals surface area contributed by atoms with Gasteiger partial charge in [0.2, 0.25) is 16.0 Å². The van der Waals surface area contributed by atoms with Crippen LogP contribution in [0.3, 0.4) is 0 Å². The van der Waals surface area contributed by atoms with Crippen molar-refractivity contribution >= 4 is 16.0 Å². The predicted molar refractivity (Wildman–Crippen MR) is 99.4 cm³/mol. The normalized spacial score (nSPS) is 26.9. The molecule has 2 aliphatic rings. The molecule has 4 rings (SSSR count). The maximum absolute atomic E-state index is 12.3. The van der Waals surface area contributed by atoms with Crippen molar-refractivity contribution in [2.24, 2.45) is 11.8 Å². The fourth-order valence-corrected chi connectivity index (χ4v) is 5.49. The molecule has 3 atom stereocenters. The number of benzene rings is 1. The highest BCUT2D eigenvalue weighted by molar-refractivity contribution is 7.88. The van der Waals surface area contributed by atoms with Crippen LogP contribution in [0.25, 0.3) is 0 Å². The van der Waals surface area contributed by atoms with Crippen LogP contribution in [0, 0.1) is 11.8 Å². The Bertz CT molecular complexity index is 872. The first kappa shape index (κ1) is 17.4. The van der Waals surface area contributed by atoms with Gasteiger partial charge in [-0.1, -0.05) is 30.3 Å². The van der Waals surface area contributed by atoms with Gasteiger partial charge >= 0.3 is 0 Å². The van der Waals surface area contributed by atoms with Gasteiger partial charge in [0, 0.05) is 44.1 Å². The lowest BCUT2D eigenvalue weighted by molar-refractivity contribution is 0.260. The summed E-state index contributed by atoms with van der Waals surface area (Å²) in [6.45, 7) is 3.08. The molecule has 138 valence electrons. The van der Waals surface area contributed by atoms with Gasteiger partial charge in [0.1, 0.15) is 0 Å². The van der Waals surface area contributed by atoms with Crippen LogP contribution in [-0.2, 0) is 16.6 Å². The van der Waals surface area contributed by atoms with Gasteiger partial charge in [-0.2, -0.15) is 4.31 Å². The van der Waals surface area contributed by atoms with E-state index in [9.17, 15) is 8.42 Å². The SMILES string of the molecule is CS(=O)(=O)N1C[C@H]2CN(Cc3cnc(N)nc3)C[C@H]2[C@@H]1c1ccccc1. The molecule has 0 amide bonds. The zero-order valence-electron chi connectivity index (χ0n) is 14.7. The van der Waals surface area contributed by atoms with Gasteiger partial charge in [-0.05, 0) is 17.4 Å². The highest BCUT2D eigenvalue weighted by Crippen LogP contribution is 2.46. The Morgan fingerprint density at radius 3 is 2.46 bits per heavy atom. The quantitative estimate of drug-likeness (QED) is 0.863. The van der Waals surface area contributed by atoms with E-state index < -0.39 is 10.0 Å². The van der Waals surface area contributed by atoms with Crippen molar-refractivity contribution in [3.05, 3.63) is 53.9 Å². The lowest BCUT2D eigenvalue weighted by Gasteiger charge is -2.28. The van der Waals surface area contributed by atoms with Crippen LogP contribution in [-0.4, -0.2) is 53.5 Å². The number of fused-ring (bicyclic) bond motifs is 1. The molecule has 3 heterocycles. The van der Waals surface area contributed by atoms with E-state index in [4.69, 9.17) is 5.73 Å². The summed E-state index contributed by atoms with van der Waals surface area (Å²) >= 11 is 0. The summed E-state index contributed by atoms with van der Waals surface area (Å²) in [7, 11) is -3.24. The largest absolute Gasteiger partial charge is 0.368 e. The molecular weight excluding hydrogens is 350 g/mol. The Morgan fingerprint density at radius 1 is 1.12 bits per heavy atom. The fourth-order valence-electron chi connectivity index (χ4n) is 4.34. The molecule has 2 N–H and O–H groups in total. The molecule has 2 aliphatic heterocycles. The summed E-state index contributed by atoms with van der Waals surface area (Å²) < 4.78 is 26.4. The standard InChI is InChI=1S/C18H23N5O2S/c1-26(24,25)23-11-15-10-22(9-13-7-20-18(19)21-8-13)12-16(15)17(23)14-5-3-2-4-6-14/h2-8,15-17H,9-12H2,1H3,(H2,19,20,21)/t15-,16-,17+/m1/s1. The van der Waals surface area contributed by atoms with Crippen molar-refractivity contribution in [1.29, 1.82) is 0 Å². The van der Waals surface area contributed by atoms with E-state index in [0.29, 0.717) is 18.4 Å². The third-order valence-electron chi connectivity index (χ3n) is 5.40. The number of aromatic nitrogens is 2. The van der Waals surface area contributed by atoms with Gasteiger partial charge in [0.05, 0.1) is 12.3 Å². The van der Waals surface area contributed by atoms with Crippen molar-refractivity contribution in [3.63, 3.8) is 0 Å². The molecular formula is C18H23N5O2S. The van der Waals surface area contributed by atoms with E-state index in [1.165, 1.54) is 6.26 Å². The zero-order valence-corrected chi connectivity index (χ0v) is 15.5. The maximum atomic E-state index is 12.3. The van der Waals surface area contributed by atoms with E-state index in [2.05, 4.69) is 14.9 Å². The van der Waals surface area contributed by atoms with Gasteiger partial charge < -0.3 is 5.73 Å². The number of nitrogens with two attached hydrogens (primary N) is 1. The van der Waals surface area contributed by atoms with Crippen molar-refractivity contribution < 1.29 is 8.42 Å². The topological polar surface area (TPSA) is 92.4 Å². The number of nitrogen functional groups attached to an aromatic ring is 1. The summed E-state index contributed by atoms with van der Waals surface area (Å²) in [5.74, 6) is 0.909. The monoisotopic (exact) mass is 373 g/mol. The maximum Gasteiger partial charge on any atom is 0.219 e. The summed E-state index contributed by atoms with van der Waals surface area (Å²) in [4.78, 5) is 10.5. The molecule has 26 heavy (non-hydrogen) atoms. The van der Waals surface area contributed by atoms with E-state index in [1.807, 2.05) is 30.3 Å². The first-order valence-corrected chi connectivity index (χ1v) is 10.6. The van der Waals surface area contributed by atoms with E-state index in [1.54, 1.807) is 16.7 Å². The Labute approximate surface area is 153 Å². The average Bonchev–Trinajstić information content (AvgIpc) is 3.14. The average molecular weight is 373 g/mol. The van der Waals surface area contributed by atoms with Crippen molar-refractivity contribution in [1.82, 2.24) is 19.2 Å². The molecule has 1 aromatic carbocycles. The molecule has 1 aromatic heterocycles.